The lowest BCUT2D eigenvalue weighted by Crippen LogP contribution is -2.15. The van der Waals surface area contributed by atoms with Crippen LogP contribution in [-0.2, 0) is 6.42 Å². The fraction of sp³-hybridized carbons (Fsp3) is 0.400. The van der Waals surface area contributed by atoms with Crippen LogP contribution in [0.25, 0.3) is 0 Å². The van der Waals surface area contributed by atoms with E-state index in [9.17, 15) is 0 Å². The first-order valence-corrected chi connectivity index (χ1v) is 6.97. The third-order valence-corrected chi connectivity index (χ3v) is 3.53. The first-order valence-electron chi connectivity index (χ1n) is 6.59. The van der Waals surface area contributed by atoms with Crippen molar-refractivity contribution in [2.75, 3.05) is 6.54 Å². The average molecular weight is 278 g/mol. The van der Waals surface area contributed by atoms with Crippen LogP contribution in [-0.4, -0.2) is 16.3 Å². The molecule has 0 saturated carbocycles. The minimum atomic E-state index is 0.285. The number of hydrogen-bond donors (Lipinski definition) is 1. The minimum absolute atomic E-state index is 0.285. The van der Waals surface area contributed by atoms with Crippen LogP contribution in [0.4, 0.5) is 0 Å². The molecule has 2 N–H and O–H groups in total. The zero-order valence-electron chi connectivity index (χ0n) is 11.4. The molecule has 1 aromatic heterocycles. The maximum absolute atomic E-state index is 5.91. The molecule has 0 amide bonds. The monoisotopic (exact) mass is 277 g/mol. The predicted molar refractivity (Wildman–Crippen MR) is 79.6 cm³/mol. The molecule has 0 radical (unpaired) electrons. The number of nitrogens with zero attached hydrogens (tertiary/aromatic N) is 2. The van der Waals surface area contributed by atoms with Crippen LogP contribution >= 0.6 is 11.6 Å². The van der Waals surface area contributed by atoms with Gasteiger partial charge >= 0.3 is 0 Å². The smallest absolute Gasteiger partial charge is 0.0631 e. The third-order valence-electron chi connectivity index (χ3n) is 3.27. The van der Waals surface area contributed by atoms with Crippen molar-refractivity contribution in [3.8, 4) is 0 Å². The van der Waals surface area contributed by atoms with Gasteiger partial charge in [0.25, 0.3) is 0 Å². The van der Waals surface area contributed by atoms with Gasteiger partial charge in [0.2, 0.25) is 0 Å². The Morgan fingerprint density at radius 3 is 2.42 bits per heavy atom. The van der Waals surface area contributed by atoms with Crippen LogP contribution in [0.15, 0.2) is 36.5 Å². The van der Waals surface area contributed by atoms with E-state index in [1.165, 1.54) is 5.56 Å². The van der Waals surface area contributed by atoms with Crippen LogP contribution < -0.4 is 5.73 Å². The largest absolute Gasteiger partial charge is 0.330 e. The lowest BCUT2D eigenvalue weighted by Gasteiger charge is -2.14. The maximum Gasteiger partial charge on any atom is 0.0631 e. The summed E-state index contributed by atoms with van der Waals surface area (Å²) in [4.78, 5) is 0. The van der Waals surface area contributed by atoms with Crippen molar-refractivity contribution in [1.29, 1.82) is 0 Å². The summed E-state index contributed by atoms with van der Waals surface area (Å²) >= 11 is 5.91. The molecule has 0 aliphatic heterocycles. The molecule has 4 heteroatoms. The topological polar surface area (TPSA) is 43.8 Å². The molecule has 1 aromatic carbocycles. The number of benzene rings is 1. The highest BCUT2D eigenvalue weighted by Crippen LogP contribution is 2.21. The standard InChI is InChI=1S/C15H20ClN3/c1-11(2)19-8-7-15(18-19)9-13(10-17)12-3-5-14(16)6-4-12/h3-8,11,13H,9-10,17H2,1-2H3. The van der Waals surface area contributed by atoms with Gasteiger partial charge in [-0.1, -0.05) is 23.7 Å². The van der Waals surface area contributed by atoms with Crippen molar-refractivity contribution in [1.82, 2.24) is 9.78 Å². The SMILES string of the molecule is CC(C)n1ccc(CC(CN)c2ccc(Cl)cc2)n1. The molecule has 1 atom stereocenters. The van der Waals surface area contributed by atoms with E-state index in [0.717, 1.165) is 17.1 Å². The Kier molecular flexibility index (Phi) is 4.61. The van der Waals surface area contributed by atoms with Crippen LogP contribution in [0.3, 0.4) is 0 Å². The first-order chi connectivity index (χ1) is 9.10. The molecule has 1 heterocycles. The summed E-state index contributed by atoms with van der Waals surface area (Å²) in [6, 6.07) is 10.4. The summed E-state index contributed by atoms with van der Waals surface area (Å²) in [7, 11) is 0. The number of hydrogen-bond acceptors (Lipinski definition) is 2. The van der Waals surface area contributed by atoms with Crippen LogP contribution in [0, 0.1) is 0 Å². The highest BCUT2D eigenvalue weighted by molar-refractivity contribution is 6.30. The Morgan fingerprint density at radius 2 is 1.89 bits per heavy atom. The van der Waals surface area contributed by atoms with Gasteiger partial charge in [0.1, 0.15) is 0 Å². The number of aromatic nitrogens is 2. The molecule has 3 nitrogen and oxygen atoms in total. The fourth-order valence-corrected chi connectivity index (χ4v) is 2.22. The number of halogens is 1. The van der Waals surface area contributed by atoms with Gasteiger partial charge in [-0.05, 0) is 50.6 Å². The first kappa shape index (κ1) is 14.1. The Balaban J connectivity index is 2.12. The van der Waals surface area contributed by atoms with Crippen molar-refractivity contribution in [2.45, 2.75) is 32.2 Å². The van der Waals surface area contributed by atoms with E-state index in [1.807, 2.05) is 35.1 Å². The van der Waals surface area contributed by atoms with Crippen LogP contribution in [0.1, 0.15) is 37.1 Å². The number of rotatable bonds is 5. The van der Waals surface area contributed by atoms with Crippen molar-refractivity contribution < 1.29 is 0 Å². The third kappa shape index (κ3) is 3.58. The Hall–Kier alpha value is -1.32. The van der Waals surface area contributed by atoms with Gasteiger partial charge in [-0.3, -0.25) is 4.68 Å². The second kappa shape index (κ2) is 6.22. The molecule has 102 valence electrons. The average Bonchev–Trinajstić information content (AvgIpc) is 2.86. The summed E-state index contributed by atoms with van der Waals surface area (Å²) in [6.07, 6.45) is 2.88. The Morgan fingerprint density at radius 1 is 1.21 bits per heavy atom. The zero-order chi connectivity index (χ0) is 13.8. The quantitative estimate of drug-likeness (QED) is 0.910. The van der Waals surface area contributed by atoms with Gasteiger partial charge in [0.05, 0.1) is 5.69 Å². The summed E-state index contributed by atoms with van der Waals surface area (Å²) in [5.74, 6) is 0.285. The summed E-state index contributed by atoms with van der Waals surface area (Å²) in [5.41, 5.74) is 8.19. The lowest BCUT2D eigenvalue weighted by molar-refractivity contribution is 0.522. The van der Waals surface area contributed by atoms with Gasteiger partial charge in [0, 0.05) is 23.2 Å². The van der Waals surface area contributed by atoms with E-state index in [0.29, 0.717) is 12.6 Å². The fourth-order valence-electron chi connectivity index (χ4n) is 2.10. The van der Waals surface area contributed by atoms with E-state index in [-0.39, 0.29) is 5.92 Å². The molecule has 0 spiro atoms. The summed E-state index contributed by atoms with van der Waals surface area (Å²) < 4.78 is 1.98. The lowest BCUT2D eigenvalue weighted by atomic mass is 9.94. The molecule has 2 rings (SSSR count). The van der Waals surface area contributed by atoms with Crippen LogP contribution in [0.5, 0.6) is 0 Å². The normalized spacial score (nSPS) is 12.9. The molecule has 0 fully saturated rings. The van der Waals surface area contributed by atoms with Crippen molar-refractivity contribution in [3.05, 3.63) is 52.8 Å². The van der Waals surface area contributed by atoms with Gasteiger partial charge in [0.15, 0.2) is 0 Å². The second-order valence-corrected chi connectivity index (χ2v) is 5.51. The maximum atomic E-state index is 5.91. The highest BCUT2D eigenvalue weighted by Gasteiger charge is 2.13. The van der Waals surface area contributed by atoms with E-state index in [1.54, 1.807) is 0 Å². The van der Waals surface area contributed by atoms with Gasteiger partial charge in [-0.25, -0.2) is 0 Å². The van der Waals surface area contributed by atoms with Gasteiger partial charge in [-0.15, -0.1) is 0 Å². The zero-order valence-corrected chi connectivity index (χ0v) is 12.1. The molecular weight excluding hydrogens is 258 g/mol. The Labute approximate surface area is 119 Å². The van der Waals surface area contributed by atoms with Crippen LogP contribution in [0.2, 0.25) is 5.02 Å². The minimum Gasteiger partial charge on any atom is -0.330 e. The van der Waals surface area contributed by atoms with E-state index < -0.39 is 0 Å². The molecule has 0 saturated heterocycles. The van der Waals surface area contributed by atoms with Gasteiger partial charge in [-0.2, -0.15) is 5.10 Å². The molecular formula is C15H20ClN3. The molecule has 19 heavy (non-hydrogen) atoms. The molecule has 1 unspecified atom stereocenters. The highest BCUT2D eigenvalue weighted by atomic mass is 35.5. The van der Waals surface area contributed by atoms with Crippen molar-refractivity contribution in [3.63, 3.8) is 0 Å². The van der Waals surface area contributed by atoms with Gasteiger partial charge < -0.3 is 5.73 Å². The second-order valence-electron chi connectivity index (χ2n) is 5.07. The summed E-state index contributed by atoms with van der Waals surface area (Å²) in [5, 5.41) is 5.33. The molecule has 0 aliphatic rings. The summed E-state index contributed by atoms with van der Waals surface area (Å²) in [6.45, 7) is 4.85. The molecule has 0 aliphatic carbocycles. The van der Waals surface area contributed by atoms with E-state index in [2.05, 4.69) is 25.0 Å². The number of nitrogens with two attached hydrogens (primary N) is 1. The molecule has 0 bridgehead atoms. The van der Waals surface area contributed by atoms with E-state index in [4.69, 9.17) is 17.3 Å². The Bertz CT molecular complexity index is 516. The van der Waals surface area contributed by atoms with Crippen molar-refractivity contribution in [2.24, 2.45) is 5.73 Å². The molecule has 2 aromatic rings. The predicted octanol–water partition coefficient (Wildman–Crippen LogP) is 3.40. The van der Waals surface area contributed by atoms with E-state index >= 15 is 0 Å². The van der Waals surface area contributed by atoms with Crippen molar-refractivity contribution >= 4 is 11.6 Å².